The molecule has 0 saturated carbocycles. The van der Waals surface area contributed by atoms with Gasteiger partial charge in [-0.3, -0.25) is 0 Å². The number of aromatic hydroxyl groups is 2. The van der Waals surface area contributed by atoms with Gasteiger partial charge >= 0.3 is 0 Å². The number of phenolic OH excluding ortho intramolecular Hbond substituents is 2. The second kappa shape index (κ2) is 6.82. The van der Waals surface area contributed by atoms with E-state index >= 15 is 0 Å². The Morgan fingerprint density at radius 1 is 0.815 bits per heavy atom. The van der Waals surface area contributed by atoms with Gasteiger partial charge in [-0.25, -0.2) is 0 Å². The molecule has 2 fully saturated rings. The Balaban J connectivity index is 1.50. The molecule has 5 nitrogen and oxygen atoms in total. The molecule has 2 atom stereocenters. The molecule has 5 heteroatoms. The highest BCUT2D eigenvalue weighted by molar-refractivity contribution is 5.47. The van der Waals surface area contributed by atoms with Crippen LogP contribution in [0.2, 0.25) is 0 Å². The SMILES string of the molecule is CCc1cccc(O)c1C1(COCC2(c3c(O)cccc3CC)CO2)CO1. The molecule has 2 N–H and O–H groups in total. The first-order valence-corrected chi connectivity index (χ1v) is 9.53. The molecule has 2 unspecified atom stereocenters. The van der Waals surface area contributed by atoms with E-state index in [1.54, 1.807) is 12.1 Å². The van der Waals surface area contributed by atoms with E-state index in [1.807, 2.05) is 24.3 Å². The molecule has 0 bridgehead atoms. The molecule has 27 heavy (non-hydrogen) atoms. The Labute approximate surface area is 159 Å². The molecule has 0 aromatic heterocycles. The number of hydrogen-bond acceptors (Lipinski definition) is 5. The summed E-state index contributed by atoms with van der Waals surface area (Å²) in [6.45, 7) is 5.87. The van der Waals surface area contributed by atoms with Crippen LogP contribution in [0.4, 0.5) is 0 Å². The lowest BCUT2D eigenvalue weighted by Gasteiger charge is -2.21. The van der Waals surface area contributed by atoms with Crippen molar-refractivity contribution < 1.29 is 24.4 Å². The molecule has 2 heterocycles. The van der Waals surface area contributed by atoms with Gasteiger partial charge in [0.15, 0.2) is 0 Å². The van der Waals surface area contributed by atoms with Crippen molar-refractivity contribution in [3.05, 3.63) is 58.7 Å². The first kappa shape index (κ1) is 18.3. The van der Waals surface area contributed by atoms with Crippen molar-refractivity contribution in [2.24, 2.45) is 0 Å². The monoisotopic (exact) mass is 370 g/mol. The summed E-state index contributed by atoms with van der Waals surface area (Å²) >= 11 is 0. The maximum atomic E-state index is 10.4. The van der Waals surface area contributed by atoms with Gasteiger partial charge in [0.05, 0.1) is 26.4 Å². The second-order valence-electron chi connectivity index (χ2n) is 7.39. The zero-order valence-electron chi connectivity index (χ0n) is 15.8. The van der Waals surface area contributed by atoms with Crippen LogP contribution in [0.25, 0.3) is 0 Å². The number of phenols is 2. The average Bonchev–Trinajstić information content (AvgIpc) is 3.59. The lowest BCUT2D eigenvalue weighted by Crippen LogP contribution is -2.25. The van der Waals surface area contributed by atoms with E-state index in [1.165, 1.54) is 0 Å². The number of epoxide rings is 2. The summed E-state index contributed by atoms with van der Waals surface area (Å²) in [5, 5.41) is 20.7. The summed E-state index contributed by atoms with van der Waals surface area (Å²) in [4.78, 5) is 0. The molecule has 2 aromatic rings. The van der Waals surface area contributed by atoms with E-state index in [-0.39, 0.29) is 11.5 Å². The summed E-state index contributed by atoms with van der Waals surface area (Å²) in [5.74, 6) is 0.503. The van der Waals surface area contributed by atoms with E-state index in [9.17, 15) is 10.2 Å². The van der Waals surface area contributed by atoms with Crippen molar-refractivity contribution in [3.63, 3.8) is 0 Å². The van der Waals surface area contributed by atoms with E-state index in [0.29, 0.717) is 26.4 Å². The van der Waals surface area contributed by atoms with Crippen molar-refractivity contribution in [2.45, 2.75) is 37.9 Å². The third-order valence-corrected chi connectivity index (χ3v) is 5.59. The predicted octanol–water partition coefficient (Wildman–Crippen LogP) is 3.39. The zero-order valence-corrected chi connectivity index (χ0v) is 15.8. The minimum atomic E-state index is -0.584. The summed E-state index contributed by atoms with van der Waals surface area (Å²) in [6, 6.07) is 11.1. The van der Waals surface area contributed by atoms with Gasteiger partial charge < -0.3 is 24.4 Å². The van der Waals surface area contributed by atoms with E-state index in [4.69, 9.17) is 14.2 Å². The summed E-state index contributed by atoms with van der Waals surface area (Å²) in [6.07, 6.45) is 1.64. The van der Waals surface area contributed by atoms with Crippen LogP contribution in [0.5, 0.6) is 11.5 Å². The van der Waals surface area contributed by atoms with Crippen LogP contribution >= 0.6 is 0 Å². The normalized spacial score (nSPS) is 26.1. The quantitative estimate of drug-likeness (QED) is 0.697. The smallest absolute Gasteiger partial charge is 0.143 e. The van der Waals surface area contributed by atoms with Crippen molar-refractivity contribution in [3.8, 4) is 11.5 Å². The fraction of sp³-hybridized carbons (Fsp3) is 0.455. The van der Waals surface area contributed by atoms with Crippen molar-refractivity contribution in [1.82, 2.24) is 0 Å². The number of hydrogen-bond donors (Lipinski definition) is 2. The van der Waals surface area contributed by atoms with Gasteiger partial charge in [-0.1, -0.05) is 38.1 Å². The standard InChI is InChI=1S/C22H26O5/c1-3-15-7-5-9-17(23)19(15)21(13-26-21)11-25-12-22(14-27-22)20-16(4-2)8-6-10-18(20)24/h5-10,23-24H,3-4,11-14H2,1-2H3. The molecule has 0 amide bonds. The van der Waals surface area contributed by atoms with Crippen LogP contribution in [0.1, 0.15) is 36.1 Å². The van der Waals surface area contributed by atoms with E-state index in [2.05, 4.69) is 13.8 Å². The van der Waals surface area contributed by atoms with Gasteiger partial charge in [-0.15, -0.1) is 0 Å². The molecule has 4 rings (SSSR count). The van der Waals surface area contributed by atoms with E-state index < -0.39 is 11.2 Å². The summed E-state index contributed by atoms with van der Waals surface area (Å²) in [5.41, 5.74) is 2.63. The average molecular weight is 370 g/mol. The highest BCUT2D eigenvalue weighted by Crippen LogP contribution is 2.48. The van der Waals surface area contributed by atoms with Crippen LogP contribution < -0.4 is 0 Å². The zero-order chi connectivity index (χ0) is 19.1. The second-order valence-corrected chi connectivity index (χ2v) is 7.39. The molecular weight excluding hydrogens is 344 g/mol. The Morgan fingerprint density at radius 3 is 1.56 bits per heavy atom. The van der Waals surface area contributed by atoms with Gasteiger partial charge in [0.25, 0.3) is 0 Å². The van der Waals surface area contributed by atoms with Crippen molar-refractivity contribution in [2.75, 3.05) is 26.4 Å². The number of rotatable bonds is 8. The fourth-order valence-corrected chi connectivity index (χ4v) is 3.97. The van der Waals surface area contributed by atoms with Gasteiger partial charge in [0.2, 0.25) is 0 Å². The first-order valence-electron chi connectivity index (χ1n) is 9.53. The molecule has 2 aromatic carbocycles. The van der Waals surface area contributed by atoms with E-state index in [0.717, 1.165) is 35.1 Å². The first-order chi connectivity index (χ1) is 13.1. The van der Waals surface area contributed by atoms with Gasteiger partial charge in [-0.2, -0.15) is 0 Å². The number of aryl methyl sites for hydroxylation is 2. The molecule has 2 aliphatic rings. The van der Waals surface area contributed by atoms with Crippen LogP contribution in [0.3, 0.4) is 0 Å². The van der Waals surface area contributed by atoms with Crippen LogP contribution in [0.15, 0.2) is 36.4 Å². The molecule has 2 saturated heterocycles. The molecule has 144 valence electrons. The van der Waals surface area contributed by atoms with Crippen LogP contribution in [-0.4, -0.2) is 36.6 Å². The van der Waals surface area contributed by atoms with Gasteiger partial charge in [-0.05, 0) is 36.1 Å². The van der Waals surface area contributed by atoms with Crippen molar-refractivity contribution >= 4 is 0 Å². The Kier molecular flexibility index (Phi) is 4.62. The molecule has 2 aliphatic heterocycles. The van der Waals surface area contributed by atoms with Crippen LogP contribution in [0, 0.1) is 0 Å². The summed E-state index contributed by atoms with van der Waals surface area (Å²) in [7, 11) is 0. The Morgan fingerprint density at radius 2 is 1.22 bits per heavy atom. The Hall–Kier alpha value is -2.08. The molecule has 0 spiro atoms. The molecular formula is C22H26O5. The third-order valence-electron chi connectivity index (χ3n) is 5.59. The Bertz CT molecular complexity index is 767. The fourth-order valence-electron chi connectivity index (χ4n) is 3.97. The predicted molar refractivity (Wildman–Crippen MR) is 101 cm³/mol. The maximum Gasteiger partial charge on any atom is 0.143 e. The minimum absolute atomic E-state index is 0.252. The summed E-state index contributed by atoms with van der Waals surface area (Å²) < 4.78 is 17.5. The van der Waals surface area contributed by atoms with Crippen molar-refractivity contribution in [1.29, 1.82) is 0 Å². The molecule has 0 aliphatic carbocycles. The topological polar surface area (TPSA) is 74.8 Å². The largest absolute Gasteiger partial charge is 0.508 e. The highest BCUT2D eigenvalue weighted by atomic mass is 16.6. The minimum Gasteiger partial charge on any atom is -0.508 e. The lowest BCUT2D eigenvalue weighted by atomic mass is 9.92. The number of ether oxygens (including phenoxy) is 3. The van der Waals surface area contributed by atoms with Crippen LogP contribution in [-0.2, 0) is 38.3 Å². The van der Waals surface area contributed by atoms with Gasteiger partial charge in [0, 0.05) is 11.1 Å². The lowest BCUT2D eigenvalue weighted by molar-refractivity contribution is 0.0386. The highest BCUT2D eigenvalue weighted by Gasteiger charge is 2.53. The third kappa shape index (κ3) is 3.20. The van der Waals surface area contributed by atoms with Gasteiger partial charge in [0.1, 0.15) is 22.7 Å². The number of benzene rings is 2. The maximum absolute atomic E-state index is 10.4. The molecule has 0 radical (unpaired) electrons.